The summed E-state index contributed by atoms with van der Waals surface area (Å²) in [5.41, 5.74) is 0.241. The second-order valence-corrected chi connectivity index (χ2v) is 8.60. The number of nitrogens with one attached hydrogen (secondary N) is 1. The van der Waals surface area contributed by atoms with Gasteiger partial charge in [0, 0.05) is 24.6 Å². The standard InChI is InChI=1S/C22H26N4O3/c27-18-13-16(14-26(18)17-7-3-1-4-8-17)20(28)24-22(11-5-2-6-12-22)21-23-19(25-29-21)15-9-10-15/h1,3-4,7-8,15-16H,2,5-6,9-14H2,(H,24,28). The first kappa shape index (κ1) is 18.3. The minimum atomic E-state index is -0.599. The minimum Gasteiger partial charge on any atom is -0.341 e. The van der Waals surface area contributed by atoms with Crippen molar-refractivity contribution in [1.82, 2.24) is 15.5 Å². The van der Waals surface area contributed by atoms with Gasteiger partial charge in [0.15, 0.2) is 5.82 Å². The second kappa shape index (κ2) is 7.28. The molecule has 2 aromatic rings. The molecule has 1 aromatic heterocycles. The predicted molar refractivity (Wildman–Crippen MR) is 106 cm³/mol. The Balaban J connectivity index is 1.33. The van der Waals surface area contributed by atoms with Gasteiger partial charge >= 0.3 is 0 Å². The molecule has 3 fully saturated rings. The van der Waals surface area contributed by atoms with E-state index in [1.807, 2.05) is 30.3 Å². The van der Waals surface area contributed by atoms with Crippen LogP contribution in [0.15, 0.2) is 34.9 Å². The van der Waals surface area contributed by atoms with E-state index in [9.17, 15) is 9.59 Å². The Bertz CT molecular complexity index is 900. The van der Waals surface area contributed by atoms with Crippen LogP contribution in [-0.4, -0.2) is 28.5 Å². The molecule has 2 saturated carbocycles. The van der Waals surface area contributed by atoms with Gasteiger partial charge in [-0.1, -0.05) is 42.6 Å². The van der Waals surface area contributed by atoms with E-state index in [0.29, 0.717) is 18.4 Å². The van der Waals surface area contributed by atoms with E-state index in [1.165, 1.54) is 0 Å². The van der Waals surface area contributed by atoms with Crippen LogP contribution in [0, 0.1) is 5.92 Å². The van der Waals surface area contributed by atoms with Crippen molar-refractivity contribution in [3.05, 3.63) is 42.0 Å². The normalized spacial score (nSPS) is 23.9. The number of hydrogen-bond acceptors (Lipinski definition) is 5. The molecule has 29 heavy (non-hydrogen) atoms. The number of benzene rings is 1. The summed E-state index contributed by atoms with van der Waals surface area (Å²) in [7, 11) is 0. The predicted octanol–water partition coefficient (Wildman–Crippen LogP) is 3.28. The molecule has 7 nitrogen and oxygen atoms in total. The molecule has 0 radical (unpaired) electrons. The molecule has 2 amide bonds. The molecule has 1 saturated heterocycles. The van der Waals surface area contributed by atoms with Gasteiger partial charge < -0.3 is 14.7 Å². The number of nitrogens with zero attached hydrogens (tertiary/aromatic N) is 3. The number of aromatic nitrogens is 2. The lowest BCUT2D eigenvalue weighted by atomic mass is 9.81. The average Bonchev–Trinajstić information content (AvgIpc) is 3.33. The fourth-order valence-corrected chi connectivity index (χ4v) is 4.56. The molecule has 5 rings (SSSR count). The third-order valence-corrected chi connectivity index (χ3v) is 6.43. The highest BCUT2D eigenvalue weighted by Gasteiger charge is 2.44. The van der Waals surface area contributed by atoms with Crippen LogP contribution in [0.2, 0.25) is 0 Å². The summed E-state index contributed by atoms with van der Waals surface area (Å²) in [5.74, 6) is 1.25. The van der Waals surface area contributed by atoms with Crippen LogP contribution >= 0.6 is 0 Å². The molecular formula is C22H26N4O3. The number of amides is 2. The summed E-state index contributed by atoms with van der Waals surface area (Å²) in [4.78, 5) is 32.1. The zero-order chi connectivity index (χ0) is 19.8. The average molecular weight is 394 g/mol. The number of carbonyl (C=O) groups is 2. The summed E-state index contributed by atoms with van der Waals surface area (Å²) in [6.45, 7) is 0.405. The van der Waals surface area contributed by atoms with Crippen molar-refractivity contribution in [3.63, 3.8) is 0 Å². The lowest BCUT2D eigenvalue weighted by Crippen LogP contribution is -2.50. The van der Waals surface area contributed by atoms with Gasteiger partial charge in [-0.15, -0.1) is 0 Å². The van der Waals surface area contributed by atoms with Gasteiger partial charge in [-0.2, -0.15) is 4.98 Å². The van der Waals surface area contributed by atoms with Crippen molar-refractivity contribution in [2.24, 2.45) is 5.92 Å². The minimum absolute atomic E-state index is 0.0112. The Morgan fingerprint density at radius 1 is 1.14 bits per heavy atom. The number of rotatable bonds is 5. The van der Waals surface area contributed by atoms with Crippen molar-refractivity contribution >= 4 is 17.5 Å². The monoisotopic (exact) mass is 394 g/mol. The quantitative estimate of drug-likeness (QED) is 0.841. The molecule has 0 spiro atoms. The van der Waals surface area contributed by atoms with E-state index in [0.717, 1.165) is 56.5 Å². The first-order valence-electron chi connectivity index (χ1n) is 10.7. The van der Waals surface area contributed by atoms with Gasteiger partial charge in [0.05, 0.1) is 5.92 Å². The van der Waals surface area contributed by atoms with Gasteiger partial charge in [0.25, 0.3) is 5.89 Å². The molecule has 1 unspecified atom stereocenters. The van der Waals surface area contributed by atoms with Crippen molar-refractivity contribution in [1.29, 1.82) is 0 Å². The van der Waals surface area contributed by atoms with Gasteiger partial charge in [0.2, 0.25) is 11.8 Å². The highest BCUT2D eigenvalue weighted by atomic mass is 16.5. The number of anilines is 1. The highest BCUT2D eigenvalue weighted by molar-refractivity contribution is 6.00. The summed E-state index contributed by atoms with van der Waals surface area (Å²) >= 11 is 0. The molecule has 1 atom stereocenters. The molecule has 2 aliphatic carbocycles. The van der Waals surface area contributed by atoms with Crippen LogP contribution in [0.4, 0.5) is 5.69 Å². The van der Waals surface area contributed by atoms with Gasteiger partial charge in [-0.3, -0.25) is 9.59 Å². The summed E-state index contributed by atoms with van der Waals surface area (Å²) in [6, 6.07) is 9.53. The molecule has 1 aliphatic heterocycles. The van der Waals surface area contributed by atoms with E-state index >= 15 is 0 Å². The molecule has 0 bridgehead atoms. The van der Waals surface area contributed by atoms with Crippen LogP contribution in [0.1, 0.15) is 69.0 Å². The maximum atomic E-state index is 13.2. The summed E-state index contributed by atoms with van der Waals surface area (Å²) in [6.07, 6.45) is 7.22. The van der Waals surface area contributed by atoms with Crippen LogP contribution in [0.25, 0.3) is 0 Å². The van der Waals surface area contributed by atoms with E-state index in [-0.39, 0.29) is 24.2 Å². The van der Waals surface area contributed by atoms with Gasteiger partial charge in [-0.05, 0) is 37.8 Å². The van der Waals surface area contributed by atoms with Crippen molar-refractivity contribution in [3.8, 4) is 0 Å². The maximum absolute atomic E-state index is 13.2. The van der Waals surface area contributed by atoms with Crippen LogP contribution in [-0.2, 0) is 15.1 Å². The number of carbonyl (C=O) groups excluding carboxylic acids is 2. The molecule has 3 aliphatic rings. The van der Waals surface area contributed by atoms with Gasteiger partial charge in [-0.25, -0.2) is 0 Å². The molecule has 7 heteroatoms. The van der Waals surface area contributed by atoms with E-state index in [2.05, 4.69) is 15.5 Å². The first-order valence-corrected chi connectivity index (χ1v) is 10.7. The SMILES string of the molecule is O=C(NC1(c2nc(C3CC3)no2)CCCCC1)C1CC(=O)N(c2ccccc2)C1. The van der Waals surface area contributed by atoms with Crippen LogP contribution < -0.4 is 10.2 Å². The zero-order valence-electron chi connectivity index (χ0n) is 16.5. The Morgan fingerprint density at radius 2 is 1.90 bits per heavy atom. The maximum Gasteiger partial charge on any atom is 0.252 e. The first-order chi connectivity index (χ1) is 14.1. The molecule has 1 aromatic carbocycles. The fourth-order valence-electron chi connectivity index (χ4n) is 4.56. The fraction of sp³-hybridized carbons (Fsp3) is 0.545. The topological polar surface area (TPSA) is 88.3 Å². The second-order valence-electron chi connectivity index (χ2n) is 8.60. The largest absolute Gasteiger partial charge is 0.341 e. The van der Waals surface area contributed by atoms with E-state index < -0.39 is 5.54 Å². The molecule has 1 N–H and O–H groups in total. The Hall–Kier alpha value is -2.70. The Kier molecular flexibility index (Phi) is 4.60. The van der Waals surface area contributed by atoms with Crippen molar-refractivity contribution in [2.45, 2.75) is 62.8 Å². The number of hydrogen-bond donors (Lipinski definition) is 1. The highest BCUT2D eigenvalue weighted by Crippen LogP contribution is 2.41. The van der Waals surface area contributed by atoms with Crippen molar-refractivity contribution in [2.75, 3.05) is 11.4 Å². The number of para-hydroxylation sites is 1. The van der Waals surface area contributed by atoms with Gasteiger partial charge in [0.1, 0.15) is 5.54 Å². The molecule has 152 valence electrons. The van der Waals surface area contributed by atoms with E-state index in [4.69, 9.17) is 4.52 Å². The van der Waals surface area contributed by atoms with Crippen LogP contribution in [0.5, 0.6) is 0 Å². The molecular weight excluding hydrogens is 368 g/mol. The zero-order valence-corrected chi connectivity index (χ0v) is 16.5. The lowest BCUT2D eigenvalue weighted by Gasteiger charge is -2.35. The Labute approximate surface area is 169 Å². The molecule has 2 heterocycles. The Morgan fingerprint density at radius 3 is 2.62 bits per heavy atom. The third-order valence-electron chi connectivity index (χ3n) is 6.43. The van der Waals surface area contributed by atoms with E-state index in [1.54, 1.807) is 4.90 Å². The summed E-state index contributed by atoms with van der Waals surface area (Å²) in [5, 5.41) is 7.41. The smallest absolute Gasteiger partial charge is 0.252 e. The van der Waals surface area contributed by atoms with Crippen LogP contribution in [0.3, 0.4) is 0 Å². The third kappa shape index (κ3) is 3.54. The summed E-state index contributed by atoms with van der Waals surface area (Å²) < 4.78 is 5.63. The lowest BCUT2D eigenvalue weighted by molar-refractivity contribution is -0.129. The van der Waals surface area contributed by atoms with Crippen molar-refractivity contribution < 1.29 is 14.1 Å².